The predicted octanol–water partition coefficient (Wildman–Crippen LogP) is 3.39. The van der Waals surface area contributed by atoms with Crippen LogP contribution in [0.4, 0.5) is 21.5 Å². The molecule has 1 fully saturated rings. The van der Waals surface area contributed by atoms with E-state index in [2.05, 4.69) is 5.32 Å². The van der Waals surface area contributed by atoms with E-state index in [0.29, 0.717) is 12.0 Å². The van der Waals surface area contributed by atoms with E-state index in [0.717, 1.165) is 4.90 Å². The van der Waals surface area contributed by atoms with Gasteiger partial charge in [0, 0.05) is 25.5 Å². The molecular weight excluding hydrogens is 341 g/mol. The monoisotopic (exact) mass is 357 g/mol. The molecule has 1 aliphatic rings. The Morgan fingerprint density at radius 2 is 1.85 bits per heavy atom. The lowest BCUT2D eigenvalue weighted by Gasteiger charge is -2.25. The molecule has 26 heavy (non-hydrogen) atoms. The second-order valence-electron chi connectivity index (χ2n) is 5.92. The van der Waals surface area contributed by atoms with Crippen LogP contribution in [0.5, 0.6) is 0 Å². The van der Waals surface area contributed by atoms with Gasteiger partial charge in [0.2, 0.25) is 11.8 Å². The molecule has 0 bridgehead atoms. The van der Waals surface area contributed by atoms with E-state index >= 15 is 0 Å². The lowest BCUT2D eigenvalue weighted by Crippen LogP contribution is -2.40. The molecule has 3 rings (SSSR count). The first-order valence-electron chi connectivity index (χ1n) is 8.08. The lowest BCUT2D eigenvalue weighted by atomic mass is 10.1. The van der Waals surface area contributed by atoms with Crippen molar-refractivity contribution in [2.75, 3.05) is 10.2 Å². The van der Waals surface area contributed by atoms with Crippen molar-refractivity contribution in [3.05, 3.63) is 64.0 Å². The number of benzene rings is 2. The molecule has 1 saturated heterocycles. The Labute approximate surface area is 148 Å². The Morgan fingerprint density at radius 3 is 2.50 bits per heavy atom. The van der Waals surface area contributed by atoms with Crippen LogP contribution in [0.15, 0.2) is 42.5 Å². The molecule has 1 aliphatic heterocycles. The maximum absolute atomic E-state index is 13.2. The zero-order valence-corrected chi connectivity index (χ0v) is 13.8. The summed E-state index contributed by atoms with van der Waals surface area (Å²) >= 11 is 0. The van der Waals surface area contributed by atoms with Crippen LogP contribution in [0, 0.1) is 15.9 Å². The first kappa shape index (κ1) is 17.5. The van der Waals surface area contributed by atoms with E-state index in [1.165, 1.54) is 30.3 Å². The van der Waals surface area contributed by atoms with E-state index in [4.69, 9.17) is 0 Å². The first-order valence-corrected chi connectivity index (χ1v) is 8.08. The highest BCUT2D eigenvalue weighted by Gasteiger charge is 2.29. The van der Waals surface area contributed by atoms with Crippen molar-refractivity contribution in [1.82, 2.24) is 0 Å². The highest BCUT2D eigenvalue weighted by molar-refractivity contribution is 6.16. The number of hydrogen-bond acceptors (Lipinski definition) is 5. The van der Waals surface area contributed by atoms with Gasteiger partial charge in [0.05, 0.1) is 10.6 Å². The number of nitro benzene ring substituents is 1. The molecule has 0 atom stereocenters. The number of carbonyl (C=O) groups is 2. The summed E-state index contributed by atoms with van der Waals surface area (Å²) in [6.45, 7) is 0.194. The van der Waals surface area contributed by atoms with E-state index in [1.54, 1.807) is 12.1 Å². The van der Waals surface area contributed by atoms with E-state index in [1.807, 2.05) is 0 Å². The molecule has 8 heteroatoms. The Kier molecular flexibility index (Phi) is 4.92. The third kappa shape index (κ3) is 3.69. The van der Waals surface area contributed by atoms with Crippen LogP contribution < -0.4 is 10.2 Å². The lowest BCUT2D eigenvalue weighted by molar-refractivity contribution is -0.383. The molecule has 134 valence electrons. The average molecular weight is 357 g/mol. The summed E-state index contributed by atoms with van der Waals surface area (Å²) in [5.74, 6) is -1.12. The van der Waals surface area contributed by atoms with Gasteiger partial charge in [0.15, 0.2) is 0 Å². The van der Waals surface area contributed by atoms with Crippen LogP contribution in [-0.2, 0) is 16.1 Å². The van der Waals surface area contributed by atoms with Gasteiger partial charge in [0.25, 0.3) is 5.69 Å². The molecule has 0 unspecified atom stereocenters. The maximum atomic E-state index is 13.2. The normalized spacial score (nSPS) is 14.4. The Balaban J connectivity index is 1.86. The standard InChI is InChI=1S/C18H16FN3O4/c19-13-4-1-3-12(9-13)11-20-15-8-7-14(10-16(15)22(25)26)21-17(23)5-2-6-18(21)24/h1,3-4,7-10,20H,2,5-6,11H2. The second-order valence-corrected chi connectivity index (χ2v) is 5.92. The topological polar surface area (TPSA) is 92.6 Å². The molecule has 0 saturated carbocycles. The summed E-state index contributed by atoms with van der Waals surface area (Å²) in [6.07, 6.45) is 0.960. The zero-order chi connectivity index (χ0) is 18.7. The van der Waals surface area contributed by atoms with Gasteiger partial charge in [-0.2, -0.15) is 0 Å². The molecule has 0 aliphatic carbocycles. The molecule has 0 aromatic heterocycles. The van der Waals surface area contributed by atoms with Gasteiger partial charge in [-0.1, -0.05) is 12.1 Å². The van der Waals surface area contributed by atoms with E-state index < -0.39 is 10.7 Å². The van der Waals surface area contributed by atoms with Gasteiger partial charge in [-0.25, -0.2) is 4.39 Å². The summed E-state index contributed by atoms with van der Waals surface area (Å²) < 4.78 is 13.2. The van der Waals surface area contributed by atoms with E-state index in [-0.39, 0.29) is 48.3 Å². The molecule has 1 N–H and O–H groups in total. The van der Waals surface area contributed by atoms with E-state index in [9.17, 15) is 24.1 Å². The van der Waals surface area contributed by atoms with Crippen LogP contribution >= 0.6 is 0 Å². The predicted molar refractivity (Wildman–Crippen MR) is 93.2 cm³/mol. The first-order chi connectivity index (χ1) is 12.5. The fourth-order valence-corrected chi connectivity index (χ4v) is 2.85. The number of nitrogens with one attached hydrogen (secondary N) is 1. The highest BCUT2D eigenvalue weighted by Crippen LogP contribution is 2.32. The Bertz CT molecular complexity index is 868. The number of imide groups is 1. The third-order valence-corrected chi connectivity index (χ3v) is 4.09. The fourth-order valence-electron chi connectivity index (χ4n) is 2.85. The minimum Gasteiger partial charge on any atom is -0.375 e. The number of nitro groups is 1. The number of amides is 2. The summed E-state index contributed by atoms with van der Waals surface area (Å²) in [5.41, 5.74) is 0.775. The van der Waals surface area contributed by atoms with Crippen molar-refractivity contribution < 1.29 is 18.9 Å². The van der Waals surface area contributed by atoms with Gasteiger partial charge in [-0.3, -0.25) is 24.6 Å². The number of carbonyl (C=O) groups excluding carboxylic acids is 2. The molecule has 0 radical (unpaired) electrons. The van der Waals surface area contributed by atoms with Crippen LogP contribution in [0.25, 0.3) is 0 Å². The molecule has 2 aromatic rings. The number of rotatable bonds is 5. The number of hydrogen-bond donors (Lipinski definition) is 1. The number of anilines is 2. The molecule has 2 amide bonds. The van der Waals surface area contributed by atoms with Crippen LogP contribution in [0.1, 0.15) is 24.8 Å². The second kappa shape index (κ2) is 7.30. The van der Waals surface area contributed by atoms with Crippen LogP contribution in [0.3, 0.4) is 0 Å². The maximum Gasteiger partial charge on any atom is 0.294 e. The Morgan fingerprint density at radius 1 is 1.12 bits per heavy atom. The van der Waals surface area contributed by atoms with Crippen molar-refractivity contribution >= 4 is 28.9 Å². The van der Waals surface area contributed by atoms with Crippen molar-refractivity contribution in [1.29, 1.82) is 0 Å². The molecule has 7 nitrogen and oxygen atoms in total. The highest BCUT2D eigenvalue weighted by atomic mass is 19.1. The van der Waals surface area contributed by atoms with Crippen molar-refractivity contribution in [2.24, 2.45) is 0 Å². The minimum absolute atomic E-state index is 0.183. The smallest absolute Gasteiger partial charge is 0.294 e. The molecule has 0 spiro atoms. The fraction of sp³-hybridized carbons (Fsp3) is 0.222. The van der Waals surface area contributed by atoms with Gasteiger partial charge in [0.1, 0.15) is 11.5 Å². The largest absolute Gasteiger partial charge is 0.375 e. The van der Waals surface area contributed by atoms with Crippen LogP contribution in [0.2, 0.25) is 0 Å². The summed E-state index contributed by atoms with van der Waals surface area (Å²) in [4.78, 5) is 35.8. The van der Waals surface area contributed by atoms with Crippen molar-refractivity contribution in [3.63, 3.8) is 0 Å². The summed E-state index contributed by atoms with van der Waals surface area (Å²) in [5, 5.41) is 14.3. The average Bonchev–Trinajstić information content (AvgIpc) is 2.60. The molecule has 1 heterocycles. The summed E-state index contributed by atoms with van der Waals surface area (Å²) in [7, 11) is 0. The van der Waals surface area contributed by atoms with Gasteiger partial charge < -0.3 is 5.32 Å². The van der Waals surface area contributed by atoms with Crippen molar-refractivity contribution in [2.45, 2.75) is 25.8 Å². The Hall–Kier alpha value is -3.29. The van der Waals surface area contributed by atoms with Crippen molar-refractivity contribution in [3.8, 4) is 0 Å². The third-order valence-electron chi connectivity index (χ3n) is 4.09. The van der Waals surface area contributed by atoms with Gasteiger partial charge >= 0.3 is 0 Å². The summed E-state index contributed by atoms with van der Waals surface area (Å²) in [6, 6.07) is 10.0. The van der Waals surface area contributed by atoms with Gasteiger partial charge in [-0.15, -0.1) is 0 Å². The number of piperidine rings is 1. The zero-order valence-electron chi connectivity index (χ0n) is 13.8. The SMILES string of the molecule is O=C1CCCC(=O)N1c1ccc(NCc2cccc(F)c2)c([N+](=O)[O-])c1. The quantitative estimate of drug-likeness (QED) is 0.503. The number of halogens is 1. The number of nitrogens with zero attached hydrogens (tertiary/aromatic N) is 2. The molecular formula is C18H16FN3O4. The molecule has 2 aromatic carbocycles. The minimum atomic E-state index is -0.587. The van der Waals surface area contributed by atoms with Gasteiger partial charge in [-0.05, 0) is 36.2 Å². The van der Waals surface area contributed by atoms with Crippen LogP contribution in [-0.4, -0.2) is 16.7 Å².